The van der Waals surface area contributed by atoms with Crippen molar-refractivity contribution in [3.8, 4) is 0 Å². The van der Waals surface area contributed by atoms with E-state index in [1.54, 1.807) is 19.3 Å². The fourth-order valence-corrected chi connectivity index (χ4v) is 3.82. The van der Waals surface area contributed by atoms with E-state index in [0.29, 0.717) is 23.2 Å². The Morgan fingerprint density at radius 1 is 1.11 bits per heavy atom. The van der Waals surface area contributed by atoms with Gasteiger partial charge >= 0.3 is 0 Å². The third kappa shape index (κ3) is 12.3. The minimum Gasteiger partial charge on any atom is -0.394 e. The number of anilines is 1. The molecular formula is C28H53F2N7O. The topological polar surface area (TPSA) is 143 Å². The van der Waals surface area contributed by atoms with Crippen molar-refractivity contribution in [1.29, 1.82) is 0 Å². The zero-order chi connectivity index (χ0) is 29.7. The summed E-state index contributed by atoms with van der Waals surface area (Å²) >= 11 is 0. The smallest absolute Gasteiger partial charge is 0.264 e. The van der Waals surface area contributed by atoms with Crippen molar-refractivity contribution in [3.63, 3.8) is 0 Å². The molecule has 0 aliphatic carbocycles. The van der Waals surface area contributed by atoms with E-state index in [4.69, 9.17) is 22.0 Å². The van der Waals surface area contributed by atoms with E-state index in [0.717, 1.165) is 42.6 Å². The number of nitrogens with one attached hydrogen (secondary N) is 4. The molecule has 0 saturated heterocycles. The Morgan fingerprint density at radius 2 is 1.74 bits per heavy atom. The van der Waals surface area contributed by atoms with Crippen LogP contribution in [-0.2, 0) is 11.2 Å². The summed E-state index contributed by atoms with van der Waals surface area (Å²) in [6.45, 7) is 13.4. The standard InChI is InChI=1S/C25H45F2N7.C2H6.CH2O/c1-6-8-17-11-19(18(13-28)15-32-5)20(24(26)27)12-23(17)34-25(30)21(14-29)22(9-10-31-4)33-16(3)7-2;2*1-2/h11-12,15-16,24-25,31-34H,6-10,13-14,28-30H2,1-5H3;1-2H3;1H2/b18-15+,22-21-;;. The average Bonchev–Trinajstić information content (AvgIpc) is 2.93. The number of benzene rings is 1. The Kier molecular flexibility index (Phi) is 22.2. The largest absolute Gasteiger partial charge is 0.394 e. The molecule has 0 saturated carbocycles. The maximum absolute atomic E-state index is 14.1. The number of hydrogen-bond acceptors (Lipinski definition) is 8. The van der Waals surface area contributed by atoms with Crippen molar-refractivity contribution < 1.29 is 13.6 Å². The van der Waals surface area contributed by atoms with Crippen LogP contribution < -0.4 is 38.5 Å². The summed E-state index contributed by atoms with van der Waals surface area (Å²) in [5.74, 6) is 0. The number of halogens is 2. The van der Waals surface area contributed by atoms with Gasteiger partial charge in [0, 0.05) is 55.9 Å². The van der Waals surface area contributed by atoms with Gasteiger partial charge in [0.05, 0.1) is 6.17 Å². The maximum Gasteiger partial charge on any atom is 0.264 e. The van der Waals surface area contributed by atoms with Crippen LogP contribution in [0, 0.1) is 0 Å². The number of alkyl halides is 2. The van der Waals surface area contributed by atoms with E-state index in [1.165, 1.54) is 6.07 Å². The molecule has 2 atom stereocenters. The highest BCUT2D eigenvalue weighted by molar-refractivity contribution is 5.73. The molecule has 0 spiro atoms. The lowest BCUT2D eigenvalue weighted by atomic mass is 9.94. The molecule has 0 aliphatic heterocycles. The molecule has 1 rings (SSSR count). The first-order valence-corrected chi connectivity index (χ1v) is 13.4. The molecule has 0 aromatic heterocycles. The number of nitrogens with two attached hydrogens (primary N) is 3. The van der Waals surface area contributed by atoms with Crippen LogP contribution in [0.5, 0.6) is 0 Å². The molecule has 0 radical (unpaired) electrons. The Balaban J connectivity index is 0. The van der Waals surface area contributed by atoms with E-state index in [2.05, 4.69) is 42.0 Å². The van der Waals surface area contributed by atoms with Gasteiger partial charge in [0.25, 0.3) is 6.43 Å². The molecule has 1 aromatic rings. The quantitative estimate of drug-likeness (QED) is 0.156. The molecule has 10 heteroatoms. The van der Waals surface area contributed by atoms with Crippen molar-refractivity contribution >= 4 is 18.0 Å². The molecule has 220 valence electrons. The Bertz CT molecular complexity index is 832. The molecule has 0 fully saturated rings. The summed E-state index contributed by atoms with van der Waals surface area (Å²) < 4.78 is 28.2. The van der Waals surface area contributed by atoms with Crippen LogP contribution >= 0.6 is 0 Å². The van der Waals surface area contributed by atoms with Gasteiger partial charge in [-0.3, -0.25) is 0 Å². The predicted octanol–water partition coefficient (Wildman–Crippen LogP) is 3.84. The summed E-state index contributed by atoms with van der Waals surface area (Å²) in [4.78, 5) is 8.00. The molecule has 0 aliphatic rings. The van der Waals surface area contributed by atoms with Crippen molar-refractivity contribution in [2.45, 2.75) is 78.9 Å². The zero-order valence-corrected chi connectivity index (χ0v) is 24.5. The third-order valence-electron chi connectivity index (χ3n) is 5.87. The van der Waals surface area contributed by atoms with Gasteiger partial charge < -0.3 is 43.3 Å². The van der Waals surface area contributed by atoms with Gasteiger partial charge in [-0.2, -0.15) is 0 Å². The van der Waals surface area contributed by atoms with E-state index < -0.39 is 12.6 Å². The highest BCUT2D eigenvalue weighted by Gasteiger charge is 2.21. The average molecular weight is 542 g/mol. The first-order valence-electron chi connectivity index (χ1n) is 13.4. The summed E-state index contributed by atoms with van der Waals surface area (Å²) in [5, 5.41) is 12.9. The van der Waals surface area contributed by atoms with Gasteiger partial charge in [-0.25, -0.2) is 8.78 Å². The first-order chi connectivity index (χ1) is 18.3. The van der Waals surface area contributed by atoms with Crippen LogP contribution in [-0.4, -0.2) is 52.7 Å². The van der Waals surface area contributed by atoms with E-state index in [1.807, 2.05) is 27.7 Å². The third-order valence-corrected chi connectivity index (χ3v) is 5.87. The second kappa shape index (κ2) is 22.5. The molecular weight excluding hydrogens is 488 g/mol. The number of aryl methyl sites for hydroxylation is 1. The maximum atomic E-state index is 14.1. The Labute approximate surface area is 229 Å². The van der Waals surface area contributed by atoms with Crippen molar-refractivity contribution in [2.75, 3.05) is 39.0 Å². The molecule has 0 amide bonds. The lowest BCUT2D eigenvalue weighted by Crippen LogP contribution is -2.39. The van der Waals surface area contributed by atoms with E-state index in [-0.39, 0.29) is 24.7 Å². The highest BCUT2D eigenvalue weighted by Crippen LogP contribution is 2.34. The lowest BCUT2D eigenvalue weighted by molar-refractivity contribution is -0.0980. The SMILES string of the molecule is C=O.CC.CCCc1cc(/C(=C/NC)CN)c(C(F)F)cc1NC(N)/C(CN)=C(/CCNC)NC(C)CC. The van der Waals surface area contributed by atoms with Crippen molar-refractivity contribution in [3.05, 3.63) is 46.3 Å². The van der Waals surface area contributed by atoms with Crippen LogP contribution in [0.15, 0.2) is 29.6 Å². The molecule has 8 nitrogen and oxygen atoms in total. The number of carbonyl (C=O) groups is 1. The fourth-order valence-electron chi connectivity index (χ4n) is 3.82. The summed E-state index contributed by atoms with van der Waals surface area (Å²) in [6.07, 6.45) is 1.64. The van der Waals surface area contributed by atoms with Crippen LogP contribution in [0.2, 0.25) is 0 Å². The Hall–Kier alpha value is -2.53. The minimum atomic E-state index is -2.66. The van der Waals surface area contributed by atoms with Gasteiger partial charge in [-0.1, -0.05) is 34.1 Å². The van der Waals surface area contributed by atoms with Gasteiger partial charge in [0.2, 0.25) is 0 Å². The van der Waals surface area contributed by atoms with Gasteiger partial charge in [0.15, 0.2) is 0 Å². The minimum absolute atomic E-state index is 0.0760. The molecule has 0 heterocycles. The first kappa shape index (κ1) is 37.6. The fraction of sp³-hybridized carbons (Fsp3) is 0.607. The molecule has 0 bridgehead atoms. The summed E-state index contributed by atoms with van der Waals surface area (Å²) in [7, 11) is 3.61. The zero-order valence-electron chi connectivity index (χ0n) is 24.5. The van der Waals surface area contributed by atoms with Crippen molar-refractivity contribution in [1.82, 2.24) is 16.0 Å². The van der Waals surface area contributed by atoms with Crippen molar-refractivity contribution in [2.24, 2.45) is 17.2 Å². The summed E-state index contributed by atoms with van der Waals surface area (Å²) in [6, 6.07) is 3.57. The normalized spacial score (nSPS) is 13.3. The molecule has 38 heavy (non-hydrogen) atoms. The monoisotopic (exact) mass is 541 g/mol. The summed E-state index contributed by atoms with van der Waals surface area (Å²) in [5.41, 5.74) is 22.9. The molecule has 10 N–H and O–H groups in total. The van der Waals surface area contributed by atoms with E-state index in [9.17, 15) is 8.78 Å². The second-order valence-corrected chi connectivity index (χ2v) is 8.45. The van der Waals surface area contributed by atoms with Gasteiger partial charge in [-0.15, -0.1) is 0 Å². The van der Waals surface area contributed by atoms with Crippen LogP contribution in [0.25, 0.3) is 5.57 Å². The number of hydrogen-bond donors (Lipinski definition) is 7. The van der Waals surface area contributed by atoms with E-state index >= 15 is 0 Å². The highest BCUT2D eigenvalue weighted by atomic mass is 19.3. The lowest BCUT2D eigenvalue weighted by Gasteiger charge is -2.27. The van der Waals surface area contributed by atoms with Gasteiger partial charge in [0.1, 0.15) is 6.79 Å². The predicted molar refractivity (Wildman–Crippen MR) is 159 cm³/mol. The number of rotatable bonds is 16. The van der Waals surface area contributed by atoms with Gasteiger partial charge in [-0.05, 0) is 67.6 Å². The second-order valence-electron chi connectivity index (χ2n) is 8.45. The van der Waals surface area contributed by atoms with Crippen LogP contribution in [0.1, 0.15) is 77.0 Å². The number of carbonyl (C=O) groups excluding carboxylic acids is 1. The molecule has 1 aromatic carbocycles. The van der Waals surface area contributed by atoms with Crippen LogP contribution in [0.4, 0.5) is 14.5 Å². The molecule has 2 unspecified atom stereocenters. The van der Waals surface area contributed by atoms with Crippen LogP contribution in [0.3, 0.4) is 0 Å². The Morgan fingerprint density at radius 3 is 2.18 bits per heavy atom.